The zero-order valence-corrected chi connectivity index (χ0v) is 13.8. The van der Waals surface area contributed by atoms with E-state index < -0.39 is 0 Å². The number of nitrogens with zero attached hydrogens (tertiary/aromatic N) is 4. The van der Waals surface area contributed by atoms with E-state index in [2.05, 4.69) is 21.2 Å². The van der Waals surface area contributed by atoms with Gasteiger partial charge in [-0.1, -0.05) is 12.1 Å². The highest BCUT2D eigenvalue weighted by atomic mass is 15.3. The third-order valence-corrected chi connectivity index (χ3v) is 5.34. The molecule has 0 aliphatic heterocycles. The molecule has 5 heteroatoms. The number of hydrogen-bond donors (Lipinski definition) is 1. The van der Waals surface area contributed by atoms with Crippen molar-refractivity contribution in [1.82, 2.24) is 25.1 Å². The summed E-state index contributed by atoms with van der Waals surface area (Å²) in [6.07, 6.45) is 8.90. The quantitative estimate of drug-likeness (QED) is 0.802. The number of benzene rings is 1. The second kappa shape index (κ2) is 5.38. The molecule has 5 nitrogen and oxygen atoms in total. The van der Waals surface area contributed by atoms with Crippen molar-refractivity contribution in [2.24, 2.45) is 0 Å². The van der Waals surface area contributed by atoms with Gasteiger partial charge in [-0.05, 0) is 44.9 Å². The fourth-order valence-electron chi connectivity index (χ4n) is 3.57. The van der Waals surface area contributed by atoms with E-state index in [0.717, 1.165) is 29.6 Å². The van der Waals surface area contributed by atoms with Gasteiger partial charge in [0.2, 0.25) is 0 Å². The Morgan fingerprint density at radius 3 is 2.67 bits per heavy atom. The standard InChI is InChI=1S/C19H21N5/c1-20-13-8-14(9-13)24-11-15(19(23-24)12-6-7-12)18-10-21-16-4-2-3-5-17(16)22-18/h2-5,10-14,20H,6-9H2,1H3. The first kappa shape index (κ1) is 14.1. The molecule has 2 saturated carbocycles. The normalized spacial score (nSPS) is 23.4. The summed E-state index contributed by atoms with van der Waals surface area (Å²) < 4.78 is 2.17. The van der Waals surface area contributed by atoms with Gasteiger partial charge in [0, 0.05) is 23.7 Å². The van der Waals surface area contributed by atoms with E-state index in [0.29, 0.717) is 18.0 Å². The maximum Gasteiger partial charge on any atom is 0.0927 e. The van der Waals surface area contributed by atoms with Crippen LogP contribution in [0.1, 0.15) is 43.3 Å². The Morgan fingerprint density at radius 2 is 1.92 bits per heavy atom. The van der Waals surface area contributed by atoms with Crippen LogP contribution in [0.2, 0.25) is 0 Å². The summed E-state index contributed by atoms with van der Waals surface area (Å²) in [6, 6.07) is 9.19. The van der Waals surface area contributed by atoms with Gasteiger partial charge in [0.25, 0.3) is 0 Å². The van der Waals surface area contributed by atoms with Gasteiger partial charge in [-0.15, -0.1) is 0 Å². The van der Waals surface area contributed by atoms with Gasteiger partial charge in [-0.3, -0.25) is 9.67 Å². The van der Waals surface area contributed by atoms with Crippen LogP contribution >= 0.6 is 0 Å². The van der Waals surface area contributed by atoms with Crippen LogP contribution in [0.5, 0.6) is 0 Å². The van der Waals surface area contributed by atoms with Crippen LogP contribution in [-0.4, -0.2) is 32.8 Å². The van der Waals surface area contributed by atoms with Gasteiger partial charge in [-0.2, -0.15) is 5.10 Å². The molecule has 0 unspecified atom stereocenters. The van der Waals surface area contributed by atoms with Gasteiger partial charge in [-0.25, -0.2) is 4.98 Å². The Balaban J connectivity index is 1.54. The average molecular weight is 319 g/mol. The molecule has 5 rings (SSSR count). The Labute approximate surface area is 141 Å². The Bertz CT molecular complexity index is 890. The molecular formula is C19H21N5. The lowest BCUT2D eigenvalue weighted by Gasteiger charge is -2.35. The van der Waals surface area contributed by atoms with Crippen LogP contribution in [0.25, 0.3) is 22.3 Å². The van der Waals surface area contributed by atoms with Gasteiger partial charge >= 0.3 is 0 Å². The number of nitrogens with one attached hydrogen (secondary N) is 1. The summed E-state index contributed by atoms with van der Waals surface area (Å²) >= 11 is 0. The van der Waals surface area contributed by atoms with Gasteiger partial charge in [0.1, 0.15) is 0 Å². The molecule has 0 bridgehead atoms. The molecule has 2 aromatic heterocycles. The molecule has 0 radical (unpaired) electrons. The van der Waals surface area contributed by atoms with E-state index in [1.165, 1.54) is 24.1 Å². The monoisotopic (exact) mass is 319 g/mol. The molecular weight excluding hydrogens is 298 g/mol. The van der Waals surface area contributed by atoms with Crippen molar-refractivity contribution in [1.29, 1.82) is 0 Å². The fourth-order valence-corrected chi connectivity index (χ4v) is 3.57. The van der Waals surface area contributed by atoms with Crippen LogP contribution in [0, 0.1) is 0 Å². The lowest BCUT2D eigenvalue weighted by Crippen LogP contribution is -2.40. The van der Waals surface area contributed by atoms with Crippen molar-refractivity contribution >= 4 is 11.0 Å². The molecule has 3 aromatic rings. The van der Waals surface area contributed by atoms with E-state index in [9.17, 15) is 0 Å². The van der Waals surface area contributed by atoms with Crippen LogP contribution in [0.3, 0.4) is 0 Å². The average Bonchev–Trinajstić information content (AvgIpc) is 3.33. The summed E-state index contributed by atoms with van der Waals surface area (Å²) in [5.74, 6) is 0.606. The van der Waals surface area contributed by atoms with Gasteiger partial charge in [0.15, 0.2) is 0 Å². The predicted octanol–water partition coefficient (Wildman–Crippen LogP) is 3.29. The number of hydrogen-bond acceptors (Lipinski definition) is 4. The largest absolute Gasteiger partial charge is 0.317 e. The molecule has 2 aliphatic carbocycles. The highest BCUT2D eigenvalue weighted by molar-refractivity contribution is 5.77. The molecule has 0 atom stereocenters. The highest BCUT2D eigenvalue weighted by Gasteiger charge is 2.34. The molecule has 2 heterocycles. The van der Waals surface area contributed by atoms with E-state index >= 15 is 0 Å². The number of rotatable bonds is 4. The first-order valence-electron chi connectivity index (χ1n) is 8.80. The zero-order chi connectivity index (χ0) is 16.1. The molecule has 2 aliphatic rings. The van der Waals surface area contributed by atoms with Crippen molar-refractivity contribution in [3.63, 3.8) is 0 Å². The smallest absolute Gasteiger partial charge is 0.0927 e. The first-order chi connectivity index (χ1) is 11.8. The highest BCUT2D eigenvalue weighted by Crippen LogP contribution is 2.44. The van der Waals surface area contributed by atoms with E-state index in [1.54, 1.807) is 0 Å². The van der Waals surface area contributed by atoms with Crippen molar-refractivity contribution in [3.05, 3.63) is 42.4 Å². The molecule has 0 spiro atoms. The Morgan fingerprint density at radius 1 is 1.12 bits per heavy atom. The molecule has 122 valence electrons. The summed E-state index contributed by atoms with van der Waals surface area (Å²) in [5, 5.41) is 8.29. The van der Waals surface area contributed by atoms with Gasteiger partial charge in [0.05, 0.1) is 34.7 Å². The van der Waals surface area contributed by atoms with Crippen molar-refractivity contribution < 1.29 is 0 Å². The van der Waals surface area contributed by atoms with Crippen LogP contribution in [0.4, 0.5) is 0 Å². The van der Waals surface area contributed by atoms with Crippen LogP contribution in [-0.2, 0) is 0 Å². The van der Waals surface area contributed by atoms with Crippen molar-refractivity contribution in [2.75, 3.05) is 7.05 Å². The van der Waals surface area contributed by atoms with Crippen LogP contribution in [0.15, 0.2) is 36.7 Å². The minimum absolute atomic E-state index is 0.516. The topological polar surface area (TPSA) is 55.6 Å². The molecule has 0 amide bonds. The van der Waals surface area contributed by atoms with Crippen molar-refractivity contribution in [3.8, 4) is 11.3 Å². The Kier molecular flexibility index (Phi) is 3.16. The summed E-state index contributed by atoms with van der Waals surface area (Å²) in [4.78, 5) is 9.42. The first-order valence-corrected chi connectivity index (χ1v) is 8.80. The second-order valence-corrected chi connectivity index (χ2v) is 7.04. The summed E-state index contributed by atoms with van der Waals surface area (Å²) in [6.45, 7) is 0. The zero-order valence-electron chi connectivity index (χ0n) is 13.8. The van der Waals surface area contributed by atoms with Crippen molar-refractivity contribution in [2.45, 2.75) is 43.7 Å². The third kappa shape index (κ3) is 2.31. The predicted molar refractivity (Wildman–Crippen MR) is 93.9 cm³/mol. The molecule has 24 heavy (non-hydrogen) atoms. The third-order valence-electron chi connectivity index (χ3n) is 5.34. The lowest BCUT2D eigenvalue weighted by atomic mass is 9.87. The molecule has 0 saturated heterocycles. The summed E-state index contributed by atoms with van der Waals surface area (Å²) in [5.41, 5.74) is 5.23. The lowest BCUT2D eigenvalue weighted by molar-refractivity contribution is 0.219. The fraction of sp³-hybridized carbons (Fsp3) is 0.421. The maximum atomic E-state index is 4.94. The second-order valence-electron chi connectivity index (χ2n) is 7.04. The SMILES string of the molecule is CNC1CC(n2cc(-c3cnc4ccccc4n3)c(C3CC3)n2)C1. The number of fused-ring (bicyclic) bond motifs is 1. The van der Waals surface area contributed by atoms with E-state index in [4.69, 9.17) is 10.1 Å². The van der Waals surface area contributed by atoms with E-state index in [1.807, 2.05) is 37.5 Å². The minimum Gasteiger partial charge on any atom is -0.317 e. The number of para-hydroxylation sites is 2. The maximum absolute atomic E-state index is 4.94. The van der Waals surface area contributed by atoms with Gasteiger partial charge < -0.3 is 5.32 Å². The minimum atomic E-state index is 0.516. The Hall–Kier alpha value is -2.27. The van der Waals surface area contributed by atoms with E-state index in [-0.39, 0.29) is 0 Å². The molecule has 2 fully saturated rings. The summed E-state index contributed by atoms with van der Waals surface area (Å²) in [7, 11) is 2.04. The number of aromatic nitrogens is 4. The molecule has 1 aromatic carbocycles. The van der Waals surface area contributed by atoms with Crippen LogP contribution < -0.4 is 5.32 Å². The molecule has 1 N–H and O–H groups in total.